The third-order valence-corrected chi connectivity index (χ3v) is 4.10. The summed E-state index contributed by atoms with van der Waals surface area (Å²) in [6.07, 6.45) is -10.0. The Morgan fingerprint density at radius 1 is 0.857 bits per heavy atom. The van der Waals surface area contributed by atoms with Crippen LogP contribution in [0.15, 0.2) is 42.5 Å². The van der Waals surface area contributed by atoms with Crippen molar-refractivity contribution < 1.29 is 31.1 Å². The molecule has 0 atom stereocenters. The lowest BCUT2D eigenvalue weighted by atomic mass is 10.0. The summed E-state index contributed by atoms with van der Waals surface area (Å²) in [5, 5.41) is 2.33. The number of alkyl halides is 6. The molecule has 0 saturated heterocycles. The van der Waals surface area contributed by atoms with E-state index in [-0.39, 0.29) is 11.8 Å². The lowest BCUT2D eigenvalue weighted by Gasteiger charge is -2.21. The van der Waals surface area contributed by atoms with Crippen LogP contribution in [0.1, 0.15) is 35.3 Å². The zero-order valence-electron chi connectivity index (χ0n) is 15.1. The first-order valence-corrected chi connectivity index (χ1v) is 8.41. The summed E-state index contributed by atoms with van der Waals surface area (Å²) in [7, 11) is 0. The first-order valence-electron chi connectivity index (χ1n) is 8.41. The number of halogens is 6. The molecule has 0 heterocycles. The Labute approximate surface area is 158 Å². The molecule has 3 nitrogen and oxygen atoms in total. The average Bonchev–Trinajstić information content (AvgIpc) is 2.62. The highest BCUT2D eigenvalue weighted by atomic mass is 19.4. The van der Waals surface area contributed by atoms with Gasteiger partial charge in [0.2, 0.25) is 0 Å². The highest BCUT2D eigenvalue weighted by molar-refractivity contribution is 6.04. The Bertz CT molecular complexity index is 792. The monoisotopic (exact) mass is 404 g/mol. The predicted molar refractivity (Wildman–Crippen MR) is 94.4 cm³/mol. The number of carbonyl (C=O) groups excluding carboxylic acids is 1. The predicted octanol–water partition coefficient (Wildman–Crippen LogP) is 5.82. The van der Waals surface area contributed by atoms with Gasteiger partial charge in [0, 0.05) is 30.0 Å². The number of nitrogens with one attached hydrogen (secondary N) is 1. The normalized spacial score (nSPS) is 12.0. The Morgan fingerprint density at radius 3 is 1.71 bits per heavy atom. The smallest absolute Gasteiger partial charge is 0.372 e. The molecule has 2 aromatic rings. The summed E-state index contributed by atoms with van der Waals surface area (Å²) < 4.78 is 77.5. The number of nitrogens with zero attached hydrogens (tertiary/aromatic N) is 1. The van der Waals surface area contributed by atoms with Gasteiger partial charge in [-0.2, -0.15) is 26.3 Å². The fourth-order valence-electron chi connectivity index (χ4n) is 2.63. The molecular formula is C19H18F6N2O. The van der Waals surface area contributed by atoms with Crippen molar-refractivity contribution in [3.8, 4) is 0 Å². The zero-order chi connectivity index (χ0) is 21.1. The second-order valence-electron chi connectivity index (χ2n) is 5.97. The van der Waals surface area contributed by atoms with Gasteiger partial charge in [0.25, 0.3) is 5.91 Å². The third kappa shape index (κ3) is 5.17. The summed E-state index contributed by atoms with van der Waals surface area (Å²) >= 11 is 0. The average molecular weight is 404 g/mol. The van der Waals surface area contributed by atoms with Crippen molar-refractivity contribution in [2.75, 3.05) is 23.3 Å². The van der Waals surface area contributed by atoms with E-state index in [0.29, 0.717) is 12.1 Å². The standard InChI is InChI=1S/C19H18F6N2O/c1-3-27(4-2)16-7-5-15(6-8-16)26-17(28)12-9-13(18(20,21)22)11-14(10-12)19(23,24)25/h5-11H,3-4H2,1-2H3,(H,26,28). The van der Waals surface area contributed by atoms with E-state index in [0.717, 1.165) is 18.8 Å². The van der Waals surface area contributed by atoms with E-state index < -0.39 is 35.0 Å². The van der Waals surface area contributed by atoms with E-state index in [1.807, 2.05) is 18.7 Å². The van der Waals surface area contributed by atoms with Crippen molar-refractivity contribution >= 4 is 17.3 Å². The summed E-state index contributed by atoms with van der Waals surface area (Å²) in [5.74, 6) is -1.06. The number of rotatable bonds is 5. The van der Waals surface area contributed by atoms with Gasteiger partial charge in [-0.15, -0.1) is 0 Å². The molecular weight excluding hydrogens is 386 g/mol. The molecule has 2 aromatic carbocycles. The molecule has 0 fully saturated rings. The maximum atomic E-state index is 12.9. The molecule has 0 bridgehead atoms. The van der Waals surface area contributed by atoms with Crippen LogP contribution >= 0.6 is 0 Å². The van der Waals surface area contributed by atoms with Crippen LogP contribution < -0.4 is 10.2 Å². The fourth-order valence-corrected chi connectivity index (χ4v) is 2.63. The van der Waals surface area contributed by atoms with Gasteiger partial charge in [-0.1, -0.05) is 0 Å². The molecule has 1 amide bonds. The highest BCUT2D eigenvalue weighted by Crippen LogP contribution is 2.36. The summed E-state index contributed by atoms with van der Waals surface area (Å²) in [6, 6.07) is 7.25. The molecule has 0 aliphatic rings. The molecule has 0 saturated carbocycles. The Morgan fingerprint density at radius 2 is 1.32 bits per heavy atom. The number of carbonyl (C=O) groups is 1. The van der Waals surface area contributed by atoms with E-state index in [9.17, 15) is 31.1 Å². The van der Waals surface area contributed by atoms with Crippen LogP contribution in [0, 0.1) is 0 Å². The second-order valence-corrected chi connectivity index (χ2v) is 5.97. The quantitative estimate of drug-likeness (QED) is 0.637. The van der Waals surface area contributed by atoms with Crippen LogP contribution in [0.2, 0.25) is 0 Å². The fraction of sp³-hybridized carbons (Fsp3) is 0.316. The number of anilines is 2. The molecule has 9 heteroatoms. The van der Waals surface area contributed by atoms with Crippen molar-refractivity contribution in [1.82, 2.24) is 0 Å². The van der Waals surface area contributed by atoms with Crippen LogP contribution in [0.5, 0.6) is 0 Å². The Balaban J connectivity index is 2.31. The van der Waals surface area contributed by atoms with E-state index in [1.165, 1.54) is 12.1 Å². The van der Waals surface area contributed by atoms with E-state index in [4.69, 9.17) is 0 Å². The van der Waals surface area contributed by atoms with Gasteiger partial charge >= 0.3 is 12.4 Å². The van der Waals surface area contributed by atoms with Gasteiger partial charge in [0.05, 0.1) is 11.1 Å². The van der Waals surface area contributed by atoms with Crippen molar-refractivity contribution in [3.63, 3.8) is 0 Å². The molecule has 0 spiro atoms. The van der Waals surface area contributed by atoms with Crippen molar-refractivity contribution in [1.29, 1.82) is 0 Å². The van der Waals surface area contributed by atoms with Crippen LogP contribution in [-0.2, 0) is 12.4 Å². The minimum Gasteiger partial charge on any atom is -0.372 e. The van der Waals surface area contributed by atoms with Crippen LogP contribution in [-0.4, -0.2) is 19.0 Å². The van der Waals surface area contributed by atoms with Crippen LogP contribution in [0.3, 0.4) is 0 Å². The topological polar surface area (TPSA) is 32.3 Å². The van der Waals surface area contributed by atoms with Gasteiger partial charge in [-0.3, -0.25) is 4.79 Å². The summed E-state index contributed by atoms with van der Waals surface area (Å²) in [5.41, 5.74) is -2.67. The first-order chi connectivity index (χ1) is 13.0. The molecule has 0 aliphatic carbocycles. The van der Waals surface area contributed by atoms with Gasteiger partial charge in [-0.25, -0.2) is 0 Å². The Kier molecular flexibility index (Phi) is 6.26. The maximum absolute atomic E-state index is 12.9. The van der Waals surface area contributed by atoms with Crippen molar-refractivity contribution in [3.05, 3.63) is 59.2 Å². The summed E-state index contributed by atoms with van der Waals surface area (Å²) in [4.78, 5) is 14.3. The molecule has 0 aromatic heterocycles. The first kappa shape index (κ1) is 21.6. The van der Waals surface area contributed by atoms with Crippen LogP contribution in [0.4, 0.5) is 37.7 Å². The maximum Gasteiger partial charge on any atom is 0.416 e. The molecule has 28 heavy (non-hydrogen) atoms. The van der Waals surface area contributed by atoms with Gasteiger partial charge in [0.15, 0.2) is 0 Å². The van der Waals surface area contributed by atoms with Gasteiger partial charge in [0.1, 0.15) is 0 Å². The number of benzene rings is 2. The number of hydrogen-bond acceptors (Lipinski definition) is 2. The van der Waals surface area contributed by atoms with Gasteiger partial charge in [-0.05, 0) is 56.3 Å². The lowest BCUT2D eigenvalue weighted by Crippen LogP contribution is -2.21. The SMILES string of the molecule is CCN(CC)c1ccc(NC(=O)c2cc(C(F)(F)F)cc(C(F)(F)F)c2)cc1. The Hall–Kier alpha value is -2.71. The van der Waals surface area contributed by atoms with E-state index in [2.05, 4.69) is 5.32 Å². The molecule has 0 aliphatic heterocycles. The van der Waals surface area contributed by atoms with E-state index >= 15 is 0 Å². The number of amides is 1. The molecule has 152 valence electrons. The molecule has 0 radical (unpaired) electrons. The second kappa shape index (κ2) is 8.12. The highest BCUT2D eigenvalue weighted by Gasteiger charge is 2.37. The van der Waals surface area contributed by atoms with Crippen molar-refractivity contribution in [2.45, 2.75) is 26.2 Å². The minimum absolute atomic E-state index is 0.0182. The van der Waals surface area contributed by atoms with Crippen molar-refractivity contribution in [2.24, 2.45) is 0 Å². The third-order valence-electron chi connectivity index (χ3n) is 4.10. The molecule has 0 unspecified atom stereocenters. The molecule has 1 N–H and O–H groups in total. The largest absolute Gasteiger partial charge is 0.416 e. The van der Waals surface area contributed by atoms with Crippen LogP contribution in [0.25, 0.3) is 0 Å². The zero-order valence-corrected chi connectivity index (χ0v) is 15.1. The van der Waals surface area contributed by atoms with Gasteiger partial charge < -0.3 is 10.2 Å². The number of hydrogen-bond donors (Lipinski definition) is 1. The summed E-state index contributed by atoms with van der Waals surface area (Å²) in [6.45, 7) is 5.44. The molecule has 2 rings (SSSR count). The lowest BCUT2D eigenvalue weighted by molar-refractivity contribution is -0.143. The minimum atomic E-state index is -5.01. The van der Waals surface area contributed by atoms with E-state index in [1.54, 1.807) is 12.1 Å².